The van der Waals surface area contributed by atoms with Gasteiger partial charge >= 0.3 is 0 Å². The molecule has 0 fully saturated rings. The smallest absolute Gasteiger partial charge is 0.146 e. The van der Waals surface area contributed by atoms with Crippen molar-refractivity contribution in [1.82, 2.24) is 0 Å². The van der Waals surface area contributed by atoms with Crippen LogP contribution in [-0.2, 0) is 0 Å². The van der Waals surface area contributed by atoms with Gasteiger partial charge in [0.25, 0.3) is 0 Å². The Morgan fingerprint density at radius 2 is 0.915 bits per heavy atom. The molecule has 324 valence electrons. The fourth-order valence-corrected chi connectivity index (χ4v) is 25.9. The number of anilines is 1. The summed E-state index contributed by atoms with van der Waals surface area (Å²) in [5, 5.41) is 5.63. The molecular formula is C52H79F2NP2Si2. The highest BCUT2D eigenvalue weighted by molar-refractivity contribution is 8.28. The second kappa shape index (κ2) is 26.3. The van der Waals surface area contributed by atoms with E-state index in [4.69, 9.17) is 0 Å². The van der Waals surface area contributed by atoms with Gasteiger partial charge < -0.3 is 4.67 Å². The summed E-state index contributed by atoms with van der Waals surface area (Å²) >= 11 is 0. The number of halogens is 2. The van der Waals surface area contributed by atoms with E-state index in [9.17, 15) is 0 Å². The van der Waals surface area contributed by atoms with Crippen LogP contribution in [0.3, 0.4) is 0 Å². The van der Waals surface area contributed by atoms with E-state index in [1.807, 2.05) is 36.4 Å². The maximum absolute atomic E-state index is 16.2. The van der Waals surface area contributed by atoms with Crippen molar-refractivity contribution in [2.45, 2.75) is 175 Å². The van der Waals surface area contributed by atoms with E-state index < -0.39 is 23.9 Å². The zero-order valence-electron chi connectivity index (χ0n) is 38.2. The monoisotopic (exact) mass is 874 g/mol. The molecule has 0 bridgehead atoms. The molecule has 4 aromatic carbocycles. The molecule has 0 N–H and O–H groups in total. The normalized spacial score (nSPS) is 12.8. The fourth-order valence-electron chi connectivity index (χ4n) is 9.21. The van der Waals surface area contributed by atoms with Gasteiger partial charge in [-0.2, -0.15) is 0 Å². The van der Waals surface area contributed by atoms with Crippen LogP contribution >= 0.6 is 16.0 Å². The van der Waals surface area contributed by atoms with Gasteiger partial charge in [-0.05, 0) is 43.8 Å². The van der Waals surface area contributed by atoms with E-state index in [1.54, 1.807) is 17.3 Å². The van der Waals surface area contributed by atoms with Crippen molar-refractivity contribution < 1.29 is 8.78 Å². The highest BCUT2D eigenvalue weighted by Gasteiger charge is 2.36. The Hall–Kier alpha value is -2.17. The van der Waals surface area contributed by atoms with Gasteiger partial charge in [-0.25, -0.2) is 8.78 Å². The number of hydrogen-bond donors (Lipinski definition) is 0. The summed E-state index contributed by atoms with van der Waals surface area (Å²) in [6.07, 6.45) is 17.1. The van der Waals surface area contributed by atoms with Crippen molar-refractivity contribution in [1.29, 1.82) is 0 Å². The maximum Gasteiger partial charge on any atom is 0.146 e. The van der Waals surface area contributed by atoms with Crippen LogP contribution in [0.4, 0.5) is 14.5 Å². The molecule has 0 heterocycles. The summed E-state index contributed by atoms with van der Waals surface area (Å²) in [6.45, 7) is 17.0. The summed E-state index contributed by atoms with van der Waals surface area (Å²) in [7, 11) is -4.25. The first-order chi connectivity index (χ1) is 28.8. The summed E-state index contributed by atoms with van der Waals surface area (Å²) in [5.74, 6) is -0.317. The first kappa shape index (κ1) is 49.5. The Bertz CT molecular complexity index is 1740. The Morgan fingerprint density at radius 3 is 1.39 bits per heavy atom. The van der Waals surface area contributed by atoms with E-state index in [0.29, 0.717) is 19.5 Å². The fraction of sp³-hybridized carbons (Fsp3) is 0.538. The lowest BCUT2D eigenvalue weighted by molar-refractivity contribution is 0.625. The van der Waals surface area contributed by atoms with Gasteiger partial charge in [0.2, 0.25) is 0 Å². The maximum atomic E-state index is 16.2. The summed E-state index contributed by atoms with van der Waals surface area (Å²) in [4.78, 5) is 0. The van der Waals surface area contributed by atoms with E-state index >= 15 is 8.78 Å². The number of hydrogen-bond acceptors (Lipinski definition) is 1. The summed E-state index contributed by atoms with van der Waals surface area (Å²) < 4.78 is 34.7. The summed E-state index contributed by atoms with van der Waals surface area (Å²) in [5.41, 5.74) is 2.45. The highest BCUT2D eigenvalue weighted by atomic mass is 32.1. The van der Waals surface area contributed by atoms with Crippen molar-refractivity contribution in [3.05, 3.63) is 103 Å². The first-order valence-corrected chi connectivity index (χ1v) is 32.2. The van der Waals surface area contributed by atoms with E-state index in [2.05, 4.69) is 95.6 Å². The van der Waals surface area contributed by atoms with Crippen molar-refractivity contribution in [2.24, 2.45) is 0 Å². The zero-order valence-corrected chi connectivity index (χ0v) is 42.1. The Kier molecular flexibility index (Phi) is 22.1. The molecule has 0 aromatic heterocycles. The molecule has 0 aliphatic carbocycles. The molecule has 4 aromatic rings. The molecule has 0 amide bonds. The minimum Gasteiger partial charge on any atom is -0.341 e. The van der Waals surface area contributed by atoms with Crippen LogP contribution in [0.1, 0.15) is 138 Å². The van der Waals surface area contributed by atoms with E-state index in [1.165, 1.54) is 129 Å². The predicted molar refractivity (Wildman–Crippen MR) is 271 cm³/mol. The lowest BCUT2D eigenvalue weighted by atomic mass is 10.1. The van der Waals surface area contributed by atoms with Crippen molar-refractivity contribution in [3.8, 4) is 11.1 Å². The minimum atomic E-state index is -1.87. The average molecular weight is 874 g/mol. The van der Waals surface area contributed by atoms with Crippen LogP contribution in [0.15, 0.2) is 91.0 Å². The molecule has 2 unspecified atom stereocenters. The molecule has 0 radical (unpaired) electrons. The SMILES string of the molecule is CCCCN(c1ccccc1F)P(Pc1ccc([Si](CCCC)(CCCC)CCCC)cc1-c1ccccc1F)c1ccc([Si](CCCC)(CCCC)CCCC)cc1. The van der Waals surface area contributed by atoms with Gasteiger partial charge in [-0.3, -0.25) is 0 Å². The Morgan fingerprint density at radius 1 is 0.475 bits per heavy atom. The molecule has 0 saturated heterocycles. The van der Waals surface area contributed by atoms with Crippen LogP contribution < -0.4 is 25.7 Å². The lowest BCUT2D eigenvalue weighted by Gasteiger charge is -2.37. The number of unbranched alkanes of at least 4 members (excludes halogenated alkanes) is 7. The number of rotatable bonds is 29. The molecular weight excluding hydrogens is 795 g/mol. The molecule has 0 aliphatic heterocycles. The summed E-state index contributed by atoms with van der Waals surface area (Å²) in [6, 6.07) is 40.1. The first-order valence-electron chi connectivity index (χ1n) is 23.9. The second-order valence-corrected chi connectivity index (χ2v) is 30.9. The molecule has 7 heteroatoms. The van der Waals surface area contributed by atoms with Crippen LogP contribution in [0.5, 0.6) is 0 Å². The quantitative estimate of drug-likeness (QED) is 0.0388. The second-order valence-electron chi connectivity index (χ2n) is 17.3. The third-order valence-electron chi connectivity index (χ3n) is 12.9. The molecule has 2 atom stereocenters. The molecule has 1 nitrogen and oxygen atoms in total. The Balaban J connectivity index is 1.97. The molecule has 0 spiro atoms. The predicted octanol–water partition coefficient (Wildman–Crippen LogP) is 16.0. The van der Waals surface area contributed by atoms with Gasteiger partial charge in [0.05, 0.1) is 21.8 Å². The van der Waals surface area contributed by atoms with Gasteiger partial charge in [-0.15, -0.1) is 0 Å². The van der Waals surface area contributed by atoms with Crippen molar-refractivity contribution >= 4 is 58.8 Å². The molecule has 59 heavy (non-hydrogen) atoms. The topological polar surface area (TPSA) is 3.24 Å². The van der Waals surface area contributed by atoms with Gasteiger partial charge in [0.15, 0.2) is 0 Å². The lowest BCUT2D eigenvalue weighted by Crippen LogP contribution is -2.48. The average Bonchev–Trinajstić information content (AvgIpc) is 3.26. The number of benzene rings is 4. The van der Waals surface area contributed by atoms with E-state index in [0.717, 1.165) is 24.9 Å². The van der Waals surface area contributed by atoms with Crippen molar-refractivity contribution in [2.75, 3.05) is 11.2 Å². The Labute approximate surface area is 365 Å². The van der Waals surface area contributed by atoms with Crippen LogP contribution in [0.2, 0.25) is 36.3 Å². The van der Waals surface area contributed by atoms with Crippen LogP contribution in [0.25, 0.3) is 11.1 Å². The third-order valence-corrected chi connectivity index (χ3v) is 29.3. The molecule has 0 aliphatic rings. The number of nitrogens with zero attached hydrogens (tertiary/aromatic N) is 1. The van der Waals surface area contributed by atoms with Gasteiger partial charge in [0.1, 0.15) is 11.6 Å². The van der Waals surface area contributed by atoms with Crippen LogP contribution in [0, 0.1) is 11.6 Å². The molecule has 0 saturated carbocycles. The van der Waals surface area contributed by atoms with Gasteiger partial charge in [0, 0.05) is 25.2 Å². The molecule has 4 rings (SSSR count). The van der Waals surface area contributed by atoms with Crippen molar-refractivity contribution in [3.63, 3.8) is 0 Å². The standard InChI is InChI=1S/C52H79F2NP2Si2/c1-8-15-36-55(51-29-25-24-28-50(51)54)57(44-30-32-45(33-31-44)58(37-16-9-2,38-17-10-3)39-18-11-4)56-52-35-34-46(43-48(52)47-26-22-23-27-49(47)53)59(40-19-12-5,41-20-13-6)42-21-14-7/h22-35,43,56H,8-21,36-42H2,1-7H3. The largest absolute Gasteiger partial charge is 0.341 e. The van der Waals surface area contributed by atoms with Crippen LogP contribution in [-0.4, -0.2) is 22.7 Å². The highest BCUT2D eigenvalue weighted by Crippen LogP contribution is 2.59. The zero-order chi connectivity index (χ0) is 42.5. The third kappa shape index (κ3) is 13.7. The van der Waals surface area contributed by atoms with Gasteiger partial charge in [-0.1, -0.05) is 251 Å². The minimum absolute atomic E-state index is 0.156. The number of para-hydroxylation sites is 1. The van der Waals surface area contributed by atoms with E-state index in [-0.39, 0.29) is 11.6 Å².